The van der Waals surface area contributed by atoms with E-state index in [2.05, 4.69) is 10.2 Å². The van der Waals surface area contributed by atoms with Crippen LogP contribution in [-0.4, -0.2) is 102 Å². The van der Waals surface area contributed by atoms with Crippen LogP contribution >= 0.6 is 0 Å². The summed E-state index contributed by atoms with van der Waals surface area (Å²) in [6.45, 7) is 6.82. The lowest BCUT2D eigenvalue weighted by atomic mass is 10.2. The molecular weight excluding hydrogens is 378 g/mol. The zero-order valence-electron chi connectivity index (χ0n) is 16.9. The first-order valence-electron chi connectivity index (χ1n) is 9.84. The standard InChI is InChI=1S/C19H31N5O5/c1-16-3-2-4-17(24(16)29)13-23-11-9-21(14-18(25)26)7-5-20-6-8-22(10-12-23)15-19(27)28/h2-4,20H,5-15H2,1H3,(H,25,26)(H,27,28). The minimum Gasteiger partial charge on any atom is -0.618 e. The number of aromatic nitrogens is 1. The van der Waals surface area contributed by atoms with E-state index in [1.54, 1.807) is 19.1 Å². The van der Waals surface area contributed by atoms with Gasteiger partial charge in [0.2, 0.25) is 5.69 Å². The van der Waals surface area contributed by atoms with Gasteiger partial charge >= 0.3 is 11.9 Å². The van der Waals surface area contributed by atoms with Crippen molar-refractivity contribution in [2.45, 2.75) is 13.5 Å². The zero-order valence-corrected chi connectivity index (χ0v) is 16.9. The van der Waals surface area contributed by atoms with Gasteiger partial charge in [-0.2, -0.15) is 4.73 Å². The van der Waals surface area contributed by atoms with Crippen LogP contribution in [-0.2, 0) is 16.1 Å². The van der Waals surface area contributed by atoms with E-state index >= 15 is 0 Å². The minimum atomic E-state index is -0.868. The number of nitrogens with one attached hydrogen (secondary N) is 1. The third-order valence-electron chi connectivity index (χ3n) is 4.99. The van der Waals surface area contributed by atoms with Crippen LogP contribution in [0.25, 0.3) is 0 Å². The van der Waals surface area contributed by atoms with Gasteiger partial charge in [0.15, 0.2) is 5.69 Å². The average Bonchev–Trinajstić information content (AvgIpc) is 2.64. The summed E-state index contributed by atoms with van der Waals surface area (Å²) in [7, 11) is 0. The van der Waals surface area contributed by atoms with Crippen LogP contribution in [0.2, 0.25) is 0 Å². The van der Waals surface area contributed by atoms with E-state index in [-0.39, 0.29) is 13.1 Å². The molecule has 162 valence electrons. The first-order valence-corrected chi connectivity index (χ1v) is 9.84. The number of aliphatic carboxylic acids is 2. The van der Waals surface area contributed by atoms with Gasteiger partial charge in [-0.15, -0.1) is 0 Å². The highest BCUT2D eigenvalue weighted by atomic mass is 16.5. The molecule has 0 atom stereocenters. The molecule has 1 aliphatic rings. The number of carbonyl (C=O) groups is 2. The van der Waals surface area contributed by atoms with Crippen molar-refractivity contribution in [2.24, 2.45) is 0 Å². The van der Waals surface area contributed by atoms with Gasteiger partial charge in [-0.25, -0.2) is 0 Å². The van der Waals surface area contributed by atoms with Crippen LogP contribution in [0.4, 0.5) is 0 Å². The fraction of sp³-hybridized carbons (Fsp3) is 0.632. The summed E-state index contributed by atoms with van der Waals surface area (Å²) in [5.74, 6) is -1.74. The van der Waals surface area contributed by atoms with Crippen molar-refractivity contribution in [1.82, 2.24) is 20.0 Å². The number of aryl methyl sites for hydroxylation is 1. The molecule has 1 fully saturated rings. The Balaban J connectivity index is 2.11. The van der Waals surface area contributed by atoms with Crippen LogP contribution in [0.1, 0.15) is 11.4 Å². The Hall–Kier alpha value is -2.27. The molecular formula is C19H31N5O5. The Bertz CT molecular complexity index is 657. The van der Waals surface area contributed by atoms with Crippen molar-refractivity contribution < 1.29 is 24.5 Å². The molecule has 1 aliphatic heterocycles. The molecule has 2 rings (SSSR count). The van der Waals surface area contributed by atoms with Crippen LogP contribution in [0.3, 0.4) is 0 Å². The van der Waals surface area contributed by atoms with E-state index in [1.165, 1.54) is 0 Å². The SMILES string of the molecule is Cc1cccc(CN2CCN(CC(=O)O)CCNCCN(CC(=O)O)CC2)[n+]1[O-]. The zero-order chi connectivity index (χ0) is 21.2. The first-order chi connectivity index (χ1) is 13.8. The Labute approximate surface area is 170 Å². The second kappa shape index (κ2) is 11.7. The van der Waals surface area contributed by atoms with Crippen molar-refractivity contribution in [3.63, 3.8) is 0 Å². The molecule has 0 amide bonds. The molecule has 0 radical (unpaired) electrons. The first kappa shape index (κ1) is 23.0. The smallest absolute Gasteiger partial charge is 0.317 e. The van der Waals surface area contributed by atoms with Gasteiger partial charge in [0.1, 0.15) is 0 Å². The number of nitrogens with zero attached hydrogens (tertiary/aromatic N) is 4. The molecule has 1 aromatic heterocycles. The molecule has 3 N–H and O–H groups in total. The highest BCUT2D eigenvalue weighted by Gasteiger charge is 2.19. The van der Waals surface area contributed by atoms with Gasteiger partial charge in [0.25, 0.3) is 0 Å². The average molecular weight is 409 g/mol. The lowest BCUT2D eigenvalue weighted by molar-refractivity contribution is -0.622. The molecule has 0 saturated carbocycles. The second-order valence-electron chi connectivity index (χ2n) is 7.32. The van der Waals surface area contributed by atoms with Crippen molar-refractivity contribution in [2.75, 3.05) is 65.4 Å². The predicted octanol–water partition coefficient (Wildman–Crippen LogP) is -1.19. The molecule has 0 spiro atoms. The maximum Gasteiger partial charge on any atom is 0.317 e. The van der Waals surface area contributed by atoms with Crippen LogP contribution in [0.5, 0.6) is 0 Å². The fourth-order valence-corrected chi connectivity index (χ4v) is 3.36. The monoisotopic (exact) mass is 409 g/mol. The minimum absolute atomic E-state index is 0.0351. The summed E-state index contributed by atoms with van der Waals surface area (Å²) in [4.78, 5) is 28.2. The Morgan fingerprint density at radius 1 is 0.966 bits per heavy atom. The largest absolute Gasteiger partial charge is 0.618 e. The number of carboxylic acid groups (broad SMARTS) is 2. The molecule has 2 heterocycles. The number of hydrogen-bond donors (Lipinski definition) is 3. The summed E-state index contributed by atoms with van der Waals surface area (Å²) in [5.41, 5.74) is 1.23. The number of hydrogen-bond acceptors (Lipinski definition) is 7. The van der Waals surface area contributed by atoms with Gasteiger partial charge in [-0.05, 0) is 6.07 Å². The normalized spacial score (nSPS) is 18.7. The summed E-state index contributed by atoms with van der Waals surface area (Å²) in [6.07, 6.45) is 0. The lowest BCUT2D eigenvalue weighted by Gasteiger charge is -2.30. The van der Waals surface area contributed by atoms with Gasteiger partial charge in [0.05, 0.1) is 19.6 Å². The molecule has 10 nitrogen and oxygen atoms in total. The van der Waals surface area contributed by atoms with Gasteiger partial charge < -0.3 is 20.7 Å². The molecule has 0 bridgehead atoms. The van der Waals surface area contributed by atoms with Crippen LogP contribution in [0, 0.1) is 12.1 Å². The Kier molecular flexibility index (Phi) is 9.26. The molecule has 10 heteroatoms. The summed E-state index contributed by atoms with van der Waals surface area (Å²) < 4.78 is 0.907. The van der Waals surface area contributed by atoms with Gasteiger partial charge in [-0.3, -0.25) is 24.3 Å². The van der Waals surface area contributed by atoms with E-state index in [0.717, 1.165) is 4.73 Å². The van der Waals surface area contributed by atoms with E-state index in [0.29, 0.717) is 70.3 Å². The van der Waals surface area contributed by atoms with Crippen molar-refractivity contribution in [3.8, 4) is 0 Å². The summed E-state index contributed by atoms with van der Waals surface area (Å²) in [5, 5.41) is 33.9. The topological polar surface area (TPSA) is 123 Å². The molecule has 0 unspecified atom stereocenters. The highest BCUT2D eigenvalue weighted by Crippen LogP contribution is 2.04. The molecule has 0 aromatic carbocycles. The van der Waals surface area contributed by atoms with E-state index in [1.807, 2.05) is 15.9 Å². The summed E-state index contributed by atoms with van der Waals surface area (Å²) in [6, 6.07) is 5.38. The van der Waals surface area contributed by atoms with E-state index in [9.17, 15) is 14.8 Å². The maximum absolute atomic E-state index is 12.3. The second-order valence-corrected chi connectivity index (χ2v) is 7.32. The molecule has 1 aromatic rings. The maximum atomic E-state index is 12.3. The number of carboxylic acids is 2. The lowest BCUT2D eigenvalue weighted by Crippen LogP contribution is -2.47. The number of rotatable bonds is 6. The highest BCUT2D eigenvalue weighted by molar-refractivity contribution is 5.69. The van der Waals surface area contributed by atoms with Crippen molar-refractivity contribution >= 4 is 11.9 Å². The van der Waals surface area contributed by atoms with Crippen molar-refractivity contribution in [1.29, 1.82) is 0 Å². The third-order valence-corrected chi connectivity index (χ3v) is 4.99. The van der Waals surface area contributed by atoms with Crippen LogP contribution < -0.4 is 10.0 Å². The Morgan fingerprint density at radius 2 is 1.48 bits per heavy atom. The molecule has 0 aliphatic carbocycles. The van der Waals surface area contributed by atoms with Gasteiger partial charge in [-0.1, -0.05) is 0 Å². The van der Waals surface area contributed by atoms with Crippen LogP contribution in [0.15, 0.2) is 18.2 Å². The van der Waals surface area contributed by atoms with Gasteiger partial charge in [0, 0.05) is 71.4 Å². The van der Waals surface area contributed by atoms with E-state index in [4.69, 9.17) is 10.2 Å². The quantitative estimate of drug-likeness (QED) is 0.393. The summed E-state index contributed by atoms with van der Waals surface area (Å²) >= 11 is 0. The third kappa shape index (κ3) is 8.32. The van der Waals surface area contributed by atoms with Crippen molar-refractivity contribution in [3.05, 3.63) is 34.8 Å². The van der Waals surface area contributed by atoms with E-state index < -0.39 is 11.9 Å². The molecule has 29 heavy (non-hydrogen) atoms. The predicted molar refractivity (Wildman–Crippen MR) is 106 cm³/mol. The number of pyridine rings is 1. The fourth-order valence-electron chi connectivity index (χ4n) is 3.36. The molecule has 1 saturated heterocycles. The Morgan fingerprint density at radius 3 is 2.00 bits per heavy atom.